The third kappa shape index (κ3) is 7.32. The van der Waals surface area contributed by atoms with Crippen LogP contribution in [-0.4, -0.2) is 62.0 Å². The van der Waals surface area contributed by atoms with Crippen LogP contribution in [0.25, 0.3) is 0 Å². The maximum Gasteiger partial charge on any atom is 0.252 e. The largest absolute Gasteiger partial charge is 0.369 e. The van der Waals surface area contributed by atoms with Crippen molar-refractivity contribution >= 4 is 17.5 Å². The number of piperazine rings is 1. The summed E-state index contributed by atoms with van der Waals surface area (Å²) < 4.78 is 0. The van der Waals surface area contributed by atoms with Crippen molar-refractivity contribution in [3.63, 3.8) is 0 Å². The average Bonchev–Trinajstić information content (AvgIpc) is 2.83. The van der Waals surface area contributed by atoms with Crippen molar-refractivity contribution in [2.75, 3.05) is 44.2 Å². The number of amides is 2. The molecular weight excluding hydrogens is 412 g/mol. The molecule has 6 heteroatoms. The van der Waals surface area contributed by atoms with Gasteiger partial charge in [0.15, 0.2) is 0 Å². The molecule has 6 nitrogen and oxygen atoms in total. The number of nitrogens with zero attached hydrogens (tertiary/aromatic N) is 2. The Hall–Kier alpha value is -2.86. The summed E-state index contributed by atoms with van der Waals surface area (Å²) in [5, 5.41) is 5.94. The molecule has 0 aromatic heterocycles. The van der Waals surface area contributed by atoms with Crippen LogP contribution in [0.15, 0.2) is 54.6 Å². The molecule has 2 aromatic carbocycles. The molecule has 2 aromatic rings. The summed E-state index contributed by atoms with van der Waals surface area (Å²) >= 11 is 0. The maximum atomic E-state index is 12.7. The summed E-state index contributed by atoms with van der Waals surface area (Å²) in [6, 6.07) is 17.5. The minimum Gasteiger partial charge on any atom is -0.369 e. The quantitative estimate of drug-likeness (QED) is 0.544. The van der Waals surface area contributed by atoms with Crippen LogP contribution in [0.1, 0.15) is 42.6 Å². The van der Waals surface area contributed by atoms with Crippen molar-refractivity contribution in [2.45, 2.75) is 39.7 Å². The molecule has 1 atom stereocenters. The van der Waals surface area contributed by atoms with Gasteiger partial charge in [-0.2, -0.15) is 0 Å². The lowest BCUT2D eigenvalue weighted by atomic mass is 10.0. The van der Waals surface area contributed by atoms with Crippen LogP contribution in [0.4, 0.5) is 5.69 Å². The van der Waals surface area contributed by atoms with Crippen molar-refractivity contribution in [3.05, 3.63) is 65.7 Å². The van der Waals surface area contributed by atoms with Gasteiger partial charge in [0.1, 0.15) is 6.04 Å². The van der Waals surface area contributed by atoms with Crippen molar-refractivity contribution < 1.29 is 9.59 Å². The molecule has 1 unspecified atom stereocenters. The van der Waals surface area contributed by atoms with E-state index in [4.69, 9.17) is 0 Å². The van der Waals surface area contributed by atoms with Crippen LogP contribution in [0.5, 0.6) is 0 Å². The molecule has 2 N–H and O–H groups in total. The number of rotatable bonds is 10. The number of para-hydroxylation sites is 1. The Balaban J connectivity index is 1.35. The predicted octanol–water partition coefficient (Wildman–Crippen LogP) is 3.47. The Labute approximate surface area is 198 Å². The van der Waals surface area contributed by atoms with Crippen molar-refractivity contribution in [1.82, 2.24) is 15.5 Å². The number of anilines is 1. The summed E-state index contributed by atoms with van der Waals surface area (Å²) in [7, 11) is 0. The lowest BCUT2D eigenvalue weighted by Gasteiger charge is -2.36. The Morgan fingerprint density at radius 2 is 1.58 bits per heavy atom. The van der Waals surface area contributed by atoms with Crippen LogP contribution in [0.2, 0.25) is 0 Å². The van der Waals surface area contributed by atoms with Gasteiger partial charge in [-0.25, -0.2) is 0 Å². The first kappa shape index (κ1) is 24.8. The minimum atomic E-state index is -0.539. The van der Waals surface area contributed by atoms with E-state index in [1.54, 1.807) is 6.07 Å². The molecule has 0 radical (unpaired) electrons. The van der Waals surface area contributed by atoms with E-state index in [0.29, 0.717) is 12.1 Å². The number of carbonyl (C=O) groups is 2. The highest BCUT2D eigenvalue weighted by Crippen LogP contribution is 2.15. The van der Waals surface area contributed by atoms with Crippen LogP contribution in [0, 0.1) is 12.8 Å². The Bertz CT molecular complexity index is 892. The van der Waals surface area contributed by atoms with Crippen LogP contribution < -0.4 is 15.5 Å². The van der Waals surface area contributed by atoms with Crippen molar-refractivity contribution in [1.29, 1.82) is 0 Å². The first-order valence-corrected chi connectivity index (χ1v) is 12.1. The molecule has 0 aliphatic carbocycles. The normalized spacial score (nSPS) is 15.3. The van der Waals surface area contributed by atoms with E-state index >= 15 is 0 Å². The fourth-order valence-electron chi connectivity index (χ4n) is 4.23. The molecule has 0 bridgehead atoms. The Morgan fingerprint density at radius 3 is 2.24 bits per heavy atom. The molecule has 3 rings (SSSR count). The van der Waals surface area contributed by atoms with Gasteiger partial charge in [-0.3, -0.25) is 14.5 Å². The molecule has 2 amide bonds. The zero-order valence-electron chi connectivity index (χ0n) is 20.2. The second-order valence-electron chi connectivity index (χ2n) is 9.17. The van der Waals surface area contributed by atoms with Crippen LogP contribution in [0.3, 0.4) is 0 Å². The Kier molecular flexibility index (Phi) is 9.31. The lowest BCUT2D eigenvalue weighted by molar-refractivity contribution is -0.123. The third-order valence-corrected chi connectivity index (χ3v) is 6.32. The number of benzene rings is 2. The van der Waals surface area contributed by atoms with Crippen molar-refractivity contribution in [2.24, 2.45) is 5.92 Å². The van der Waals surface area contributed by atoms with Gasteiger partial charge in [0.25, 0.3) is 5.91 Å². The van der Waals surface area contributed by atoms with E-state index in [2.05, 4.69) is 50.8 Å². The lowest BCUT2D eigenvalue weighted by Crippen LogP contribution is -2.50. The van der Waals surface area contributed by atoms with Gasteiger partial charge >= 0.3 is 0 Å². The molecule has 0 spiro atoms. The van der Waals surface area contributed by atoms with Crippen LogP contribution in [-0.2, 0) is 4.79 Å². The molecule has 33 heavy (non-hydrogen) atoms. The zero-order valence-corrected chi connectivity index (χ0v) is 20.2. The topological polar surface area (TPSA) is 64.7 Å². The smallest absolute Gasteiger partial charge is 0.252 e. The average molecular weight is 451 g/mol. The highest BCUT2D eigenvalue weighted by atomic mass is 16.2. The maximum absolute atomic E-state index is 12.7. The summed E-state index contributed by atoms with van der Waals surface area (Å²) in [5.41, 5.74) is 2.82. The predicted molar refractivity (Wildman–Crippen MR) is 135 cm³/mol. The molecule has 1 aliphatic rings. The molecule has 1 fully saturated rings. The van der Waals surface area contributed by atoms with Gasteiger partial charge in [0, 0.05) is 44.0 Å². The molecule has 178 valence electrons. The molecule has 1 heterocycles. The SMILES string of the molecule is Cc1ccccc1C(=O)NC(C(=O)NCCCCN1CCN(c2ccccc2)CC1)C(C)C. The summed E-state index contributed by atoms with van der Waals surface area (Å²) in [4.78, 5) is 30.3. The van der Waals surface area contributed by atoms with E-state index in [1.165, 1.54) is 5.69 Å². The highest BCUT2D eigenvalue weighted by molar-refractivity contribution is 5.98. The van der Waals surface area contributed by atoms with Crippen molar-refractivity contribution in [3.8, 4) is 0 Å². The molecule has 1 saturated heterocycles. The number of aryl methyl sites for hydroxylation is 1. The highest BCUT2D eigenvalue weighted by Gasteiger charge is 2.25. The Morgan fingerprint density at radius 1 is 0.909 bits per heavy atom. The summed E-state index contributed by atoms with van der Waals surface area (Å²) in [6.45, 7) is 11.7. The van der Waals surface area contributed by atoms with E-state index in [-0.39, 0.29) is 17.7 Å². The number of hydrogen-bond donors (Lipinski definition) is 2. The molecule has 1 aliphatic heterocycles. The van der Waals surface area contributed by atoms with Gasteiger partial charge in [0.2, 0.25) is 5.91 Å². The van der Waals surface area contributed by atoms with Crippen LogP contribution >= 0.6 is 0 Å². The van der Waals surface area contributed by atoms with E-state index in [0.717, 1.165) is 51.1 Å². The third-order valence-electron chi connectivity index (χ3n) is 6.32. The zero-order chi connectivity index (χ0) is 23.6. The number of hydrogen-bond acceptors (Lipinski definition) is 4. The summed E-state index contributed by atoms with van der Waals surface area (Å²) in [5.74, 6) is -0.293. The number of nitrogens with one attached hydrogen (secondary N) is 2. The molecular formula is C27H38N4O2. The van der Waals surface area contributed by atoms with Gasteiger partial charge in [-0.15, -0.1) is 0 Å². The van der Waals surface area contributed by atoms with E-state index < -0.39 is 6.04 Å². The summed E-state index contributed by atoms with van der Waals surface area (Å²) in [6.07, 6.45) is 1.98. The number of carbonyl (C=O) groups excluding carboxylic acids is 2. The first-order valence-electron chi connectivity index (χ1n) is 12.1. The van der Waals surface area contributed by atoms with Gasteiger partial charge in [-0.1, -0.05) is 50.2 Å². The minimum absolute atomic E-state index is 0.0129. The standard InChI is InChI=1S/C27H38N4O2/c1-21(2)25(29-26(32)24-14-8-7-11-22(24)3)27(33)28-15-9-10-16-30-17-19-31(20-18-30)23-12-5-4-6-13-23/h4-8,11-14,21,25H,9-10,15-20H2,1-3H3,(H,28,33)(H,29,32). The van der Waals surface area contributed by atoms with E-state index in [9.17, 15) is 9.59 Å². The van der Waals surface area contributed by atoms with Gasteiger partial charge < -0.3 is 15.5 Å². The van der Waals surface area contributed by atoms with Gasteiger partial charge in [-0.05, 0) is 56.0 Å². The monoisotopic (exact) mass is 450 g/mol. The second-order valence-corrected chi connectivity index (χ2v) is 9.17. The molecule has 0 saturated carbocycles. The fourth-order valence-corrected chi connectivity index (χ4v) is 4.23. The van der Waals surface area contributed by atoms with Gasteiger partial charge in [0.05, 0.1) is 0 Å². The van der Waals surface area contributed by atoms with E-state index in [1.807, 2.05) is 39.0 Å². The second kappa shape index (κ2) is 12.4. The fraction of sp³-hybridized carbons (Fsp3) is 0.481. The first-order chi connectivity index (χ1) is 16.0. The number of unbranched alkanes of at least 4 members (excludes halogenated alkanes) is 1.